The molecule has 1 aromatic carbocycles. The molecule has 0 saturated carbocycles. The third-order valence-corrected chi connectivity index (χ3v) is 3.19. The molecule has 0 aliphatic rings. The van der Waals surface area contributed by atoms with Gasteiger partial charge in [0.15, 0.2) is 0 Å². The lowest BCUT2D eigenvalue weighted by Crippen LogP contribution is -2.13. The van der Waals surface area contributed by atoms with Gasteiger partial charge in [0.05, 0.1) is 10.6 Å². The molecular weight excluding hydrogens is 313 g/mol. The molecule has 5 nitrogen and oxygen atoms in total. The van der Waals surface area contributed by atoms with Gasteiger partial charge in [-0.25, -0.2) is 4.98 Å². The molecule has 0 aliphatic carbocycles. The van der Waals surface area contributed by atoms with Gasteiger partial charge < -0.3 is 10.6 Å². The predicted octanol–water partition coefficient (Wildman–Crippen LogP) is 3.60. The standard InChI is InChI=1S/C14H11Cl2N3O2/c1-8(20)18-10-3-2-4-11(6-10)19-14(21)9-5-12(15)13(16)17-7-9/h2-7H,1H3,(H,18,20)(H,19,21). The minimum atomic E-state index is -0.374. The van der Waals surface area contributed by atoms with E-state index in [9.17, 15) is 9.59 Å². The number of anilines is 2. The van der Waals surface area contributed by atoms with Crippen LogP contribution in [0, 0.1) is 0 Å². The number of nitrogens with one attached hydrogen (secondary N) is 2. The average molecular weight is 324 g/mol. The molecule has 7 heteroatoms. The van der Waals surface area contributed by atoms with Crippen molar-refractivity contribution in [3.63, 3.8) is 0 Å². The van der Waals surface area contributed by atoms with Crippen LogP contribution in [0.3, 0.4) is 0 Å². The smallest absolute Gasteiger partial charge is 0.257 e. The molecule has 0 saturated heterocycles. The monoisotopic (exact) mass is 323 g/mol. The highest BCUT2D eigenvalue weighted by Gasteiger charge is 2.09. The summed E-state index contributed by atoms with van der Waals surface area (Å²) in [5, 5.41) is 5.66. The number of hydrogen-bond donors (Lipinski definition) is 2. The summed E-state index contributed by atoms with van der Waals surface area (Å²) in [7, 11) is 0. The van der Waals surface area contributed by atoms with Crippen molar-refractivity contribution < 1.29 is 9.59 Å². The zero-order valence-electron chi connectivity index (χ0n) is 11.0. The van der Waals surface area contributed by atoms with Crippen molar-refractivity contribution in [2.24, 2.45) is 0 Å². The summed E-state index contributed by atoms with van der Waals surface area (Å²) < 4.78 is 0. The van der Waals surface area contributed by atoms with Crippen LogP contribution in [-0.4, -0.2) is 16.8 Å². The molecule has 2 amide bonds. The van der Waals surface area contributed by atoms with Crippen molar-refractivity contribution in [3.05, 3.63) is 52.3 Å². The van der Waals surface area contributed by atoms with Gasteiger partial charge in [-0.05, 0) is 24.3 Å². The number of pyridine rings is 1. The third kappa shape index (κ3) is 4.18. The van der Waals surface area contributed by atoms with Crippen LogP contribution in [-0.2, 0) is 4.79 Å². The Balaban J connectivity index is 2.15. The molecule has 0 radical (unpaired) electrons. The highest BCUT2D eigenvalue weighted by atomic mass is 35.5. The zero-order valence-corrected chi connectivity index (χ0v) is 12.5. The molecule has 2 aromatic rings. The maximum Gasteiger partial charge on any atom is 0.257 e. The number of halogens is 2. The van der Waals surface area contributed by atoms with Gasteiger partial charge in [-0.1, -0.05) is 29.3 Å². The van der Waals surface area contributed by atoms with Gasteiger partial charge in [-0.3, -0.25) is 9.59 Å². The molecule has 0 fully saturated rings. The van der Waals surface area contributed by atoms with Crippen LogP contribution in [0.15, 0.2) is 36.5 Å². The molecule has 0 bridgehead atoms. The van der Waals surface area contributed by atoms with Crippen LogP contribution in [0.1, 0.15) is 17.3 Å². The van der Waals surface area contributed by atoms with Gasteiger partial charge in [0, 0.05) is 24.5 Å². The topological polar surface area (TPSA) is 71.1 Å². The maximum absolute atomic E-state index is 12.1. The molecule has 108 valence electrons. The minimum Gasteiger partial charge on any atom is -0.326 e. The Morgan fingerprint density at radius 3 is 2.38 bits per heavy atom. The van der Waals surface area contributed by atoms with E-state index >= 15 is 0 Å². The molecule has 21 heavy (non-hydrogen) atoms. The van der Waals surface area contributed by atoms with Crippen molar-refractivity contribution in [2.45, 2.75) is 6.92 Å². The molecule has 2 rings (SSSR count). The number of nitrogens with zero attached hydrogens (tertiary/aromatic N) is 1. The number of aromatic nitrogens is 1. The van der Waals surface area contributed by atoms with E-state index in [1.165, 1.54) is 19.2 Å². The molecular formula is C14H11Cl2N3O2. The van der Waals surface area contributed by atoms with E-state index in [0.29, 0.717) is 11.4 Å². The Labute approximate surface area is 131 Å². The molecule has 1 heterocycles. The average Bonchev–Trinajstić information content (AvgIpc) is 2.41. The fraction of sp³-hybridized carbons (Fsp3) is 0.0714. The van der Waals surface area contributed by atoms with Crippen molar-refractivity contribution in [3.8, 4) is 0 Å². The van der Waals surface area contributed by atoms with E-state index in [4.69, 9.17) is 23.2 Å². The van der Waals surface area contributed by atoms with E-state index < -0.39 is 0 Å². The molecule has 0 spiro atoms. The summed E-state index contributed by atoms with van der Waals surface area (Å²) >= 11 is 11.5. The summed E-state index contributed by atoms with van der Waals surface area (Å²) in [5.41, 5.74) is 1.42. The van der Waals surface area contributed by atoms with Crippen molar-refractivity contribution in [2.75, 3.05) is 10.6 Å². The predicted molar refractivity (Wildman–Crippen MR) is 83.0 cm³/mol. The normalized spacial score (nSPS) is 10.0. The Morgan fingerprint density at radius 1 is 1.10 bits per heavy atom. The summed E-state index contributed by atoms with van der Waals surface area (Å²) in [6, 6.07) is 8.22. The Kier molecular flexibility index (Phi) is 4.77. The van der Waals surface area contributed by atoms with Crippen molar-refractivity contribution >= 4 is 46.4 Å². The largest absolute Gasteiger partial charge is 0.326 e. The van der Waals surface area contributed by atoms with Gasteiger partial charge >= 0.3 is 0 Å². The van der Waals surface area contributed by atoms with E-state index in [0.717, 1.165) is 0 Å². The van der Waals surface area contributed by atoms with E-state index in [2.05, 4.69) is 15.6 Å². The van der Waals surface area contributed by atoms with Gasteiger partial charge in [0.1, 0.15) is 5.15 Å². The second-order valence-electron chi connectivity index (χ2n) is 4.21. The Morgan fingerprint density at radius 2 is 1.76 bits per heavy atom. The van der Waals surface area contributed by atoms with Crippen LogP contribution >= 0.6 is 23.2 Å². The number of hydrogen-bond acceptors (Lipinski definition) is 3. The fourth-order valence-corrected chi connectivity index (χ4v) is 1.90. The highest BCUT2D eigenvalue weighted by molar-refractivity contribution is 6.41. The molecule has 1 aromatic heterocycles. The zero-order chi connectivity index (χ0) is 15.4. The summed E-state index contributed by atoms with van der Waals surface area (Å²) in [5.74, 6) is -0.562. The second-order valence-corrected chi connectivity index (χ2v) is 4.98. The molecule has 0 unspecified atom stereocenters. The number of carbonyl (C=O) groups excluding carboxylic acids is 2. The SMILES string of the molecule is CC(=O)Nc1cccc(NC(=O)c2cnc(Cl)c(Cl)c2)c1. The lowest BCUT2D eigenvalue weighted by molar-refractivity contribution is -0.114. The lowest BCUT2D eigenvalue weighted by atomic mass is 10.2. The van der Waals surface area contributed by atoms with Gasteiger partial charge in [0.2, 0.25) is 5.91 Å². The molecule has 2 N–H and O–H groups in total. The van der Waals surface area contributed by atoms with Crippen LogP contribution in [0.5, 0.6) is 0 Å². The lowest BCUT2D eigenvalue weighted by Gasteiger charge is -2.08. The summed E-state index contributed by atoms with van der Waals surface area (Å²) in [6.07, 6.45) is 1.33. The van der Waals surface area contributed by atoms with Crippen LogP contribution < -0.4 is 10.6 Å². The summed E-state index contributed by atoms with van der Waals surface area (Å²) in [6.45, 7) is 1.41. The highest BCUT2D eigenvalue weighted by Crippen LogP contribution is 2.21. The van der Waals surface area contributed by atoms with Gasteiger partial charge in [0.25, 0.3) is 5.91 Å². The Hall–Kier alpha value is -2.11. The fourth-order valence-electron chi connectivity index (χ4n) is 1.63. The number of amides is 2. The van der Waals surface area contributed by atoms with Crippen LogP contribution in [0.25, 0.3) is 0 Å². The number of rotatable bonds is 3. The first-order valence-corrected chi connectivity index (χ1v) is 6.71. The summed E-state index contributed by atoms with van der Waals surface area (Å²) in [4.78, 5) is 26.9. The van der Waals surface area contributed by atoms with Crippen LogP contribution in [0.4, 0.5) is 11.4 Å². The molecule has 0 atom stereocenters. The number of benzene rings is 1. The van der Waals surface area contributed by atoms with Gasteiger partial charge in [-0.15, -0.1) is 0 Å². The van der Waals surface area contributed by atoms with Crippen molar-refractivity contribution in [1.29, 1.82) is 0 Å². The van der Waals surface area contributed by atoms with E-state index in [1.807, 2.05) is 0 Å². The Bertz CT molecular complexity index is 704. The van der Waals surface area contributed by atoms with E-state index in [-0.39, 0.29) is 27.6 Å². The first-order chi connectivity index (χ1) is 9.95. The first-order valence-electron chi connectivity index (χ1n) is 5.96. The van der Waals surface area contributed by atoms with Gasteiger partial charge in [-0.2, -0.15) is 0 Å². The second kappa shape index (κ2) is 6.56. The minimum absolute atomic E-state index is 0.140. The van der Waals surface area contributed by atoms with Crippen molar-refractivity contribution in [1.82, 2.24) is 4.98 Å². The maximum atomic E-state index is 12.1. The van der Waals surface area contributed by atoms with Crippen LogP contribution in [0.2, 0.25) is 10.2 Å². The number of carbonyl (C=O) groups is 2. The third-order valence-electron chi connectivity index (χ3n) is 2.50. The quantitative estimate of drug-likeness (QED) is 0.848. The first kappa shape index (κ1) is 15.3. The molecule has 0 aliphatic heterocycles. The van der Waals surface area contributed by atoms with E-state index in [1.54, 1.807) is 24.3 Å².